The van der Waals surface area contributed by atoms with Crippen molar-refractivity contribution in [3.63, 3.8) is 0 Å². The van der Waals surface area contributed by atoms with Gasteiger partial charge in [-0.25, -0.2) is 13.9 Å². The van der Waals surface area contributed by atoms with E-state index in [4.69, 9.17) is 0 Å². The first-order valence-corrected chi connectivity index (χ1v) is 12.3. The first-order valence-electron chi connectivity index (χ1n) is 12.3. The van der Waals surface area contributed by atoms with Crippen LogP contribution in [0.1, 0.15) is 65.7 Å². The van der Waals surface area contributed by atoms with Gasteiger partial charge in [0.05, 0.1) is 23.6 Å². The Morgan fingerprint density at radius 1 is 1.11 bits per heavy atom. The number of aromatic amines is 1. The predicted molar refractivity (Wildman–Crippen MR) is 137 cm³/mol. The van der Waals surface area contributed by atoms with Gasteiger partial charge in [-0.3, -0.25) is 14.7 Å². The molecule has 5 rings (SSSR count). The Labute approximate surface area is 214 Å². The van der Waals surface area contributed by atoms with Gasteiger partial charge in [-0.05, 0) is 62.6 Å². The zero-order valence-electron chi connectivity index (χ0n) is 21.6. The highest BCUT2D eigenvalue weighted by Gasteiger charge is 2.40. The van der Waals surface area contributed by atoms with Gasteiger partial charge in [0, 0.05) is 30.8 Å². The molecule has 1 aromatic carbocycles. The number of aromatic nitrogens is 5. The zero-order chi connectivity index (χ0) is 26.5. The number of nitrogens with zero attached hydrogens (tertiary/aromatic N) is 6. The fraction of sp³-hybridized carbons (Fsp3) is 0.370. The molecule has 1 N–H and O–H groups in total. The highest BCUT2D eigenvalue weighted by Crippen LogP contribution is 2.28. The van der Waals surface area contributed by atoms with E-state index in [-0.39, 0.29) is 23.5 Å². The normalized spacial score (nSPS) is 15.5. The number of fused-ring (bicyclic) bond motifs is 1. The molecule has 192 valence electrons. The van der Waals surface area contributed by atoms with Crippen molar-refractivity contribution in [2.45, 2.75) is 46.1 Å². The minimum Gasteiger partial charge on any atom is -0.333 e. The number of benzene rings is 1. The van der Waals surface area contributed by atoms with Crippen LogP contribution in [-0.2, 0) is 0 Å². The van der Waals surface area contributed by atoms with Crippen molar-refractivity contribution >= 4 is 17.5 Å². The molecule has 1 aliphatic rings. The van der Waals surface area contributed by atoms with Crippen LogP contribution in [0.5, 0.6) is 0 Å². The summed E-state index contributed by atoms with van der Waals surface area (Å²) in [5.41, 5.74) is 3.96. The Morgan fingerprint density at radius 3 is 2.46 bits per heavy atom. The van der Waals surface area contributed by atoms with E-state index in [1.807, 2.05) is 26.8 Å². The second kappa shape index (κ2) is 9.10. The molecule has 9 nitrogen and oxygen atoms in total. The van der Waals surface area contributed by atoms with Crippen LogP contribution in [0, 0.1) is 12.7 Å². The molecule has 4 aromatic rings. The van der Waals surface area contributed by atoms with Crippen molar-refractivity contribution in [1.29, 1.82) is 0 Å². The molecule has 37 heavy (non-hydrogen) atoms. The summed E-state index contributed by atoms with van der Waals surface area (Å²) in [4.78, 5) is 34.9. The minimum atomic E-state index is -0.609. The number of nitrogens with one attached hydrogen (secondary N) is 1. The number of hydrogen-bond acceptors (Lipinski definition) is 5. The third-order valence-electron chi connectivity index (χ3n) is 6.91. The van der Waals surface area contributed by atoms with Gasteiger partial charge in [-0.15, -0.1) is 0 Å². The van der Waals surface area contributed by atoms with Crippen LogP contribution in [0.2, 0.25) is 0 Å². The average Bonchev–Trinajstić information content (AvgIpc) is 3.48. The van der Waals surface area contributed by atoms with Gasteiger partial charge in [0.2, 0.25) is 0 Å². The van der Waals surface area contributed by atoms with Gasteiger partial charge >= 0.3 is 0 Å². The SMILES string of the molecule is Cc1cn[nH]c1C(=O)N1CCN(C(=O)c2cn3nc(-c4ccc(F)cc4)cc(C(C)C)c3n2)C(C)(C)C1. The number of carbonyl (C=O) groups is 2. The van der Waals surface area contributed by atoms with Gasteiger partial charge < -0.3 is 9.80 Å². The summed E-state index contributed by atoms with van der Waals surface area (Å²) in [6, 6.07) is 8.12. The molecule has 1 aliphatic heterocycles. The maximum absolute atomic E-state index is 13.7. The number of rotatable bonds is 4. The molecule has 1 saturated heterocycles. The second-order valence-electron chi connectivity index (χ2n) is 10.5. The average molecular weight is 504 g/mol. The van der Waals surface area contributed by atoms with Crippen LogP contribution >= 0.6 is 0 Å². The number of piperazine rings is 1. The Bertz CT molecular complexity index is 1490. The molecule has 3 aromatic heterocycles. The van der Waals surface area contributed by atoms with Crippen molar-refractivity contribution in [3.05, 3.63) is 71.1 Å². The summed E-state index contributed by atoms with van der Waals surface area (Å²) in [6.45, 7) is 11.0. The second-order valence-corrected chi connectivity index (χ2v) is 10.5. The fourth-order valence-electron chi connectivity index (χ4n) is 4.85. The summed E-state index contributed by atoms with van der Waals surface area (Å²) < 4.78 is 15.1. The smallest absolute Gasteiger partial charge is 0.274 e. The maximum Gasteiger partial charge on any atom is 0.274 e. The van der Waals surface area contributed by atoms with Gasteiger partial charge in [0.15, 0.2) is 5.65 Å². The zero-order valence-corrected chi connectivity index (χ0v) is 21.6. The van der Waals surface area contributed by atoms with Gasteiger partial charge in [-0.2, -0.15) is 10.2 Å². The van der Waals surface area contributed by atoms with Crippen molar-refractivity contribution in [2.24, 2.45) is 0 Å². The van der Waals surface area contributed by atoms with E-state index >= 15 is 0 Å². The maximum atomic E-state index is 13.7. The van der Waals surface area contributed by atoms with Crippen LogP contribution in [0.4, 0.5) is 4.39 Å². The first-order chi connectivity index (χ1) is 17.5. The highest BCUT2D eigenvalue weighted by atomic mass is 19.1. The van der Waals surface area contributed by atoms with Crippen LogP contribution in [0.15, 0.2) is 42.7 Å². The van der Waals surface area contributed by atoms with E-state index in [2.05, 4.69) is 34.1 Å². The fourth-order valence-corrected chi connectivity index (χ4v) is 4.85. The van der Waals surface area contributed by atoms with Crippen LogP contribution in [0.25, 0.3) is 16.9 Å². The van der Waals surface area contributed by atoms with Crippen LogP contribution < -0.4 is 0 Å². The summed E-state index contributed by atoms with van der Waals surface area (Å²) in [6.07, 6.45) is 3.28. The molecule has 0 atom stereocenters. The van der Waals surface area contributed by atoms with Gasteiger partial charge in [-0.1, -0.05) is 13.8 Å². The van der Waals surface area contributed by atoms with Crippen LogP contribution in [0.3, 0.4) is 0 Å². The number of H-pyrrole nitrogens is 1. The third-order valence-corrected chi connectivity index (χ3v) is 6.91. The lowest BCUT2D eigenvalue weighted by molar-refractivity contribution is 0.0162. The molecule has 0 aliphatic carbocycles. The molecule has 0 radical (unpaired) electrons. The van der Waals surface area contributed by atoms with Crippen molar-refractivity contribution in [1.82, 2.24) is 34.6 Å². The molecule has 10 heteroatoms. The number of halogens is 1. The molecule has 0 spiro atoms. The molecular formula is C27H30FN7O2. The summed E-state index contributed by atoms with van der Waals surface area (Å²) in [7, 11) is 0. The van der Waals surface area contributed by atoms with E-state index < -0.39 is 5.54 Å². The number of imidazole rings is 1. The minimum absolute atomic E-state index is 0.123. The van der Waals surface area contributed by atoms with E-state index in [1.165, 1.54) is 12.1 Å². The highest BCUT2D eigenvalue weighted by molar-refractivity contribution is 5.95. The third kappa shape index (κ3) is 4.47. The Morgan fingerprint density at radius 2 is 1.84 bits per heavy atom. The summed E-state index contributed by atoms with van der Waals surface area (Å²) in [5, 5.41) is 11.4. The largest absolute Gasteiger partial charge is 0.333 e. The quantitative estimate of drug-likeness (QED) is 0.453. The van der Waals surface area contributed by atoms with Crippen molar-refractivity contribution < 1.29 is 14.0 Å². The van der Waals surface area contributed by atoms with E-state index in [0.717, 1.165) is 16.7 Å². The number of hydrogen-bond donors (Lipinski definition) is 1. The first kappa shape index (κ1) is 24.6. The lowest BCUT2D eigenvalue weighted by Crippen LogP contribution is -2.62. The molecule has 0 bridgehead atoms. The Kier molecular flexibility index (Phi) is 6.05. The summed E-state index contributed by atoms with van der Waals surface area (Å²) >= 11 is 0. The predicted octanol–water partition coefficient (Wildman–Crippen LogP) is 4.07. The number of aryl methyl sites for hydroxylation is 1. The number of amides is 2. The van der Waals surface area contributed by atoms with Crippen molar-refractivity contribution in [2.75, 3.05) is 19.6 Å². The number of carbonyl (C=O) groups excluding carboxylic acids is 2. The van der Waals surface area contributed by atoms with Gasteiger partial charge in [0.1, 0.15) is 17.2 Å². The lowest BCUT2D eigenvalue weighted by atomic mass is 9.97. The van der Waals surface area contributed by atoms with Gasteiger partial charge in [0.25, 0.3) is 11.8 Å². The van der Waals surface area contributed by atoms with E-state index in [9.17, 15) is 14.0 Å². The summed E-state index contributed by atoms with van der Waals surface area (Å²) in [5.74, 6) is -0.513. The molecule has 2 amide bonds. The van der Waals surface area contributed by atoms with E-state index in [0.29, 0.717) is 42.4 Å². The van der Waals surface area contributed by atoms with Crippen molar-refractivity contribution in [3.8, 4) is 11.3 Å². The lowest BCUT2D eigenvalue weighted by Gasteiger charge is -2.46. The Hall–Kier alpha value is -4.08. The molecular weight excluding hydrogens is 473 g/mol. The monoisotopic (exact) mass is 503 g/mol. The standard InChI is InChI=1S/C27H30FN7O2/c1-16(2)20-12-21(18-6-8-19(28)9-7-18)32-35-14-22(30-24(20)35)25(36)34-11-10-33(15-27(34,4)5)26(37)23-17(3)13-29-31-23/h6-9,12-14,16H,10-11,15H2,1-5H3,(H,29,31). The van der Waals surface area contributed by atoms with E-state index in [1.54, 1.807) is 38.8 Å². The molecule has 1 fully saturated rings. The molecule has 0 unspecified atom stereocenters. The topological polar surface area (TPSA) is 99.5 Å². The molecule has 4 heterocycles. The molecule has 0 saturated carbocycles. The Balaban J connectivity index is 1.44. The van der Waals surface area contributed by atoms with Crippen LogP contribution in [-0.4, -0.2) is 71.6 Å².